The van der Waals surface area contributed by atoms with Gasteiger partial charge in [-0.05, 0) is 26.2 Å². The van der Waals surface area contributed by atoms with E-state index in [0.717, 1.165) is 32.1 Å². The molecule has 1 unspecified atom stereocenters. The molecule has 1 amide bonds. The van der Waals surface area contributed by atoms with Crippen molar-refractivity contribution in [1.82, 2.24) is 5.32 Å². The predicted molar refractivity (Wildman–Crippen MR) is 62.1 cm³/mol. The number of aliphatic hydroxyl groups excluding tert-OH is 1. The maximum atomic E-state index is 11.6. The van der Waals surface area contributed by atoms with Gasteiger partial charge in [0.25, 0.3) is 0 Å². The highest BCUT2D eigenvalue weighted by molar-refractivity contribution is 5.76. The summed E-state index contributed by atoms with van der Waals surface area (Å²) in [6.45, 7) is 1.95. The van der Waals surface area contributed by atoms with Crippen LogP contribution in [-0.2, 0) is 9.53 Å². The first-order chi connectivity index (χ1) is 7.63. The minimum atomic E-state index is -0.363. The quantitative estimate of drug-likeness (QED) is 0.745. The molecule has 0 radical (unpaired) electrons. The number of rotatable bonds is 5. The summed E-state index contributed by atoms with van der Waals surface area (Å²) in [4.78, 5) is 11.6. The lowest BCUT2D eigenvalue weighted by Gasteiger charge is -2.28. The zero-order valence-electron chi connectivity index (χ0n) is 10.2. The van der Waals surface area contributed by atoms with Crippen molar-refractivity contribution in [3.8, 4) is 0 Å². The van der Waals surface area contributed by atoms with Gasteiger partial charge in [-0.2, -0.15) is 0 Å². The molecule has 1 aliphatic rings. The molecule has 4 nitrogen and oxygen atoms in total. The van der Waals surface area contributed by atoms with Crippen LogP contribution in [-0.4, -0.2) is 36.4 Å². The van der Waals surface area contributed by atoms with E-state index in [4.69, 9.17) is 4.74 Å². The second-order valence-electron chi connectivity index (χ2n) is 4.61. The highest BCUT2D eigenvalue weighted by Crippen LogP contribution is 2.18. The van der Waals surface area contributed by atoms with Crippen LogP contribution >= 0.6 is 0 Å². The molecule has 1 saturated carbocycles. The number of nitrogens with one attached hydrogen (secondary N) is 1. The van der Waals surface area contributed by atoms with Crippen molar-refractivity contribution in [2.45, 2.75) is 63.7 Å². The van der Waals surface area contributed by atoms with E-state index in [1.165, 1.54) is 0 Å². The van der Waals surface area contributed by atoms with Crippen LogP contribution in [0, 0.1) is 0 Å². The summed E-state index contributed by atoms with van der Waals surface area (Å²) in [5.74, 6) is 0.0230. The van der Waals surface area contributed by atoms with Crippen LogP contribution < -0.4 is 5.32 Å². The van der Waals surface area contributed by atoms with Gasteiger partial charge in [0.15, 0.2) is 0 Å². The number of carbonyl (C=O) groups is 1. The van der Waals surface area contributed by atoms with Crippen molar-refractivity contribution in [3.05, 3.63) is 0 Å². The summed E-state index contributed by atoms with van der Waals surface area (Å²) in [5.41, 5.74) is 0. The van der Waals surface area contributed by atoms with Gasteiger partial charge < -0.3 is 15.2 Å². The Hall–Kier alpha value is -0.610. The number of hydrogen-bond acceptors (Lipinski definition) is 3. The topological polar surface area (TPSA) is 58.6 Å². The number of amides is 1. The molecule has 0 saturated heterocycles. The van der Waals surface area contributed by atoms with E-state index in [-0.39, 0.29) is 24.2 Å². The van der Waals surface area contributed by atoms with E-state index < -0.39 is 0 Å². The molecule has 0 heterocycles. The van der Waals surface area contributed by atoms with Crippen LogP contribution in [0.2, 0.25) is 0 Å². The Balaban J connectivity index is 2.22. The molecule has 1 aliphatic carbocycles. The molecule has 4 heteroatoms. The SMILES string of the molecule is COC(C)CCC(=O)N[C@H]1CCCC[C@@H]1O. The Labute approximate surface area is 97.4 Å². The fraction of sp³-hybridized carbons (Fsp3) is 0.917. The molecule has 0 aliphatic heterocycles. The average molecular weight is 229 g/mol. The lowest BCUT2D eigenvalue weighted by Crippen LogP contribution is -2.45. The lowest BCUT2D eigenvalue weighted by atomic mass is 9.92. The van der Waals surface area contributed by atoms with E-state index in [1.54, 1.807) is 7.11 Å². The monoisotopic (exact) mass is 229 g/mol. The zero-order chi connectivity index (χ0) is 12.0. The normalized spacial score (nSPS) is 27.4. The molecule has 0 bridgehead atoms. The Morgan fingerprint density at radius 1 is 1.50 bits per heavy atom. The summed E-state index contributed by atoms with van der Waals surface area (Å²) < 4.78 is 5.08. The molecule has 94 valence electrons. The van der Waals surface area contributed by atoms with Crippen molar-refractivity contribution in [2.75, 3.05) is 7.11 Å². The van der Waals surface area contributed by atoms with E-state index in [0.29, 0.717) is 6.42 Å². The average Bonchev–Trinajstić information content (AvgIpc) is 2.29. The molecule has 0 aromatic rings. The van der Waals surface area contributed by atoms with Crippen LogP contribution in [0.1, 0.15) is 45.4 Å². The zero-order valence-corrected chi connectivity index (χ0v) is 10.2. The number of hydrogen-bond donors (Lipinski definition) is 2. The number of carbonyl (C=O) groups excluding carboxylic acids is 1. The molecular formula is C12H23NO3. The first-order valence-corrected chi connectivity index (χ1v) is 6.13. The van der Waals surface area contributed by atoms with E-state index in [2.05, 4.69) is 5.32 Å². The number of aliphatic hydroxyl groups is 1. The first kappa shape index (κ1) is 13.5. The minimum absolute atomic E-state index is 0.0230. The van der Waals surface area contributed by atoms with Gasteiger partial charge in [0.1, 0.15) is 0 Å². The maximum absolute atomic E-state index is 11.6. The summed E-state index contributed by atoms with van der Waals surface area (Å²) >= 11 is 0. The van der Waals surface area contributed by atoms with Gasteiger partial charge in [-0.3, -0.25) is 4.79 Å². The van der Waals surface area contributed by atoms with E-state index in [1.807, 2.05) is 6.92 Å². The fourth-order valence-corrected chi connectivity index (χ4v) is 2.01. The van der Waals surface area contributed by atoms with Crippen LogP contribution in [0.5, 0.6) is 0 Å². The largest absolute Gasteiger partial charge is 0.391 e. The van der Waals surface area contributed by atoms with Crippen molar-refractivity contribution in [2.24, 2.45) is 0 Å². The standard InChI is InChI=1S/C12H23NO3/c1-9(16-2)7-8-12(15)13-10-5-3-4-6-11(10)14/h9-11,14H,3-8H2,1-2H3,(H,13,15)/t9?,10-,11-/m0/s1. The third-order valence-electron chi connectivity index (χ3n) is 3.26. The van der Waals surface area contributed by atoms with Crippen molar-refractivity contribution < 1.29 is 14.6 Å². The molecule has 16 heavy (non-hydrogen) atoms. The van der Waals surface area contributed by atoms with Crippen LogP contribution in [0.3, 0.4) is 0 Å². The first-order valence-electron chi connectivity index (χ1n) is 6.13. The Morgan fingerprint density at radius 3 is 2.81 bits per heavy atom. The van der Waals surface area contributed by atoms with Gasteiger partial charge in [-0.25, -0.2) is 0 Å². The number of ether oxygens (including phenoxy) is 1. The summed E-state index contributed by atoms with van der Waals surface area (Å²) in [6, 6.07) is -0.0425. The van der Waals surface area contributed by atoms with E-state index in [9.17, 15) is 9.90 Å². The van der Waals surface area contributed by atoms with Gasteiger partial charge in [0, 0.05) is 13.5 Å². The summed E-state index contributed by atoms with van der Waals surface area (Å²) in [7, 11) is 1.65. The molecular weight excluding hydrogens is 206 g/mol. The van der Waals surface area contributed by atoms with Gasteiger partial charge in [-0.15, -0.1) is 0 Å². The Morgan fingerprint density at radius 2 is 2.19 bits per heavy atom. The maximum Gasteiger partial charge on any atom is 0.220 e. The van der Waals surface area contributed by atoms with Gasteiger partial charge in [0.05, 0.1) is 18.2 Å². The third kappa shape index (κ3) is 4.49. The molecule has 0 spiro atoms. The Kier molecular flexibility index (Phi) is 5.77. The van der Waals surface area contributed by atoms with Crippen molar-refractivity contribution in [3.63, 3.8) is 0 Å². The summed E-state index contributed by atoms with van der Waals surface area (Å²) in [5, 5.41) is 12.6. The lowest BCUT2D eigenvalue weighted by molar-refractivity contribution is -0.123. The third-order valence-corrected chi connectivity index (χ3v) is 3.26. The van der Waals surface area contributed by atoms with Crippen LogP contribution in [0.25, 0.3) is 0 Å². The highest BCUT2D eigenvalue weighted by atomic mass is 16.5. The molecule has 3 atom stereocenters. The minimum Gasteiger partial charge on any atom is -0.391 e. The molecule has 1 rings (SSSR count). The summed E-state index contributed by atoms with van der Waals surface area (Å²) in [6.07, 6.45) is 4.81. The van der Waals surface area contributed by atoms with E-state index >= 15 is 0 Å². The second-order valence-corrected chi connectivity index (χ2v) is 4.61. The molecule has 0 aromatic heterocycles. The molecule has 2 N–H and O–H groups in total. The fourth-order valence-electron chi connectivity index (χ4n) is 2.01. The predicted octanol–water partition coefficient (Wildman–Crippen LogP) is 1.22. The molecule has 1 fully saturated rings. The Bertz CT molecular complexity index is 220. The smallest absolute Gasteiger partial charge is 0.220 e. The van der Waals surface area contributed by atoms with Crippen LogP contribution in [0.15, 0.2) is 0 Å². The van der Waals surface area contributed by atoms with Crippen LogP contribution in [0.4, 0.5) is 0 Å². The van der Waals surface area contributed by atoms with Gasteiger partial charge >= 0.3 is 0 Å². The van der Waals surface area contributed by atoms with Crippen molar-refractivity contribution in [1.29, 1.82) is 0 Å². The van der Waals surface area contributed by atoms with Gasteiger partial charge in [0.2, 0.25) is 5.91 Å². The highest BCUT2D eigenvalue weighted by Gasteiger charge is 2.24. The van der Waals surface area contributed by atoms with Crippen molar-refractivity contribution >= 4 is 5.91 Å². The number of methoxy groups -OCH3 is 1. The molecule has 0 aromatic carbocycles. The second kappa shape index (κ2) is 6.86. The van der Waals surface area contributed by atoms with Gasteiger partial charge in [-0.1, -0.05) is 12.8 Å².